The Morgan fingerprint density at radius 3 is 2.60 bits per heavy atom. The first kappa shape index (κ1) is 17.5. The van der Waals surface area contributed by atoms with Crippen molar-refractivity contribution < 1.29 is 19.1 Å². The smallest absolute Gasteiger partial charge is 0.331 e. The van der Waals surface area contributed by atoms with E-state index >= 15 is 0 Å². The number of benzene rings is 1. The zero-order valence-corrected chi connectivity index (χ0v) is 14.6. The normalized spacial score (nSPS) is 20.8. The van der Waals surface area contributed by atoms with Gasteiger partial charge in [-0.2, -0.15) is 0 Å². The van der Waals surface area contributed by atoms with E-state index in [2.05, 4.69) is 5.32 Å². The van der Waals surface area contributed by atoms with E-state index in [1.807, 2.05) is 0 Å². The first-order valence-corrected chi connectivity index (χ1v) is 8.63. The topological polar surface area (TPSA) is 75.7 Å². The molecular weight excluding hydrogens is 344 g/mol. The van der Waals surface area contributed by atoms with E-state index in [4.69, 9.17) is 16.3 Å². The Balaban J connectivity index is 1.97. The summed E-state index contributed by atoms with van der Waals surface area (Å²) in [7, 11) is 1.49. The predicted molar refractivity (Wildman–Crippen MR) is 93.2 cm³/mol. The zero-order valence-electron chi connectivity index (χ0n) is 13.9. The van der Waals surface area contributed by atoms with E-state index in [0.717, 1.165) is 32.1 Å². The molecule has 0 unspecified atom stereocenters. The number of halogens is 1. The van der Waals surface area contributed by atoms with E-state index in [1.165, 1.54) is 18.1 Å². The van der Waals surface area contributed by atoms with E-state index < -0.39 is 17.8 Å². The summed E-state index contributed by atoms with van der Waals surface area (Å²) in [6, 6.07) is 4.11. The van der Waals surface area contributed by atoms with Gasteiger partial charge in [0, 0.05) is 16.6 Å². The molecule has 1 saturated carbocycles. The van der Waals surface area contributed by atoms with Gasteiger partial charge in [-0.05, 0) is 37.1 Å². The van der Waals surface area contributed by atoms with Gasteiger partial charge >= 0.3 is 6.03 Å². The summed E-state index contributed by atoms with van der Waals surface area (Å²) >= 11 is 6.00. The summed E-state index contributed by atoms with van der Waals surface area (Å²) in [5.74, 6) is -0.787. The highest BCUT2D eigenvalue weighted by molar-refractivity contribution is 6.32. The highest BCUT2D eigenvalue weighted by atomic mass is 35.5. The number of carbonyl (C=O) groups excluding carboxylic acids is 3. The van der Waals surface area contributed by atoms with Crippen molar-refractivity contribution >= 4 is 35.5 Å². The summed E-state index contributed by atoms with van der Waals surface area (Å²) < 4.78 is 5.25. The molecule has 2 fully saturated rings. The molecule has 1 aromatic rings. The Morgan fingerprint density at radius 2 is 1.92 bits per heavy atom. The van der Waals surface area contributed by atoms with Crippen LogP contribution in [0.4, 0.5) is 4.79 Å². The third-order valence-electron chi connectivity index (χ3n) is 4.56. The van der Waals surface area contributed by atoms with Crippen molar-refractivity contribution in [1.82, 2.24) is 10.2 Å². The van der Waals surface area contributed by atoms with Crippen LogP contribution in [0.15, 0.2) is 23.8 Å². The molecule has 1 saturated heterocycles. The summed E-state index contributed by atoms with van der Waals surface area (Å²) in [5.41, 5.74) is 0.414. The van der Waals surface area contributed by atoms with E-state index in [9.17, 15) is 14.4 Å². The number of urea groups is 1. The fourth-order valence-corrected chi connectivity index (χ4v) is 3.50. The molecule has 0 radical (unpaired) electrons. The van der Waals surface area contributed by atoms with Crippen molar-refractivity contribution in [2.24, 2.45) is 0 Å². The Kier molecular flexibility index (Phi) is 5.08. The van der Waals surface area contributed by atoms with Crippen LogP contribution in [0.2, 0.25) is 5.02 Å². The van der Waals surface area contributed by atoms with Gasteiger partial charge in [0.05, 0.1) is 7.11 Å². The summed E-state index contributed by atoms with van der Waals surface area (Å²) in [4.78, 5) is 38.4. The number of ether oxygens (including phenoxy) is 1. The predicted octanol–water partition coefficient (Wildman–Crippen LogP) is 3.14. The first-order valence-electron chi connectivity index (χ1n) is 8.25. The zero-order chi connectivity index (χ0) is 18.0. The minimum atomic E-state index is -0.705. The minimum Gasteiger partial charge on any atom is -0.496 e. The average molecular weight is 363 g/mol. The van der Waals surface area contributed by atoms with Crippen LogP contribution in [0.5, 0.6) is 5.75 Å². The number of nitrogens with one attached hydrogen (secondary N) is 1. The summed E-state index contributed by atoms with van der Waals surface area (Å²) in [5, 5.41) is 2.72. The molecule has 4 amide bonds. The van der Waals surface area contributed by atoms with Crippen LogP contribution in [0.3, 0.4) is 0 Å². The second kappa shape index (κ2) is 7.27. The number of hydrogen-bond donors (Lipinski definition) is 1. The number of methoxy groups -OCH3 is 1. The van der Waals surface area contributed by atoms with Crippen LogP contribution >= 0.6 is 11.6 Å². The highest BCUT2D eigenvalue weighted by Gasteiger charge is 2.40. The number of nitrogens with zero attached hydrogens (tertiary/aromatic N) is 1. The summed E-state index contributed by atoms with van der Waals surface area (Å²) in [6.07, 6.45) is 5.99. The van der Waals surface area contributed by atoms with Crippen molar-refractivity contribution in [2.75, 3.05) is 7.11 Å². The van der Waals surface area contributed by atoms with Gasteiger partial charge in [0.1, 0.15) is 11.3 Å². The van der Waals surface area contributed by atoms with Gasteiger partial charge in [-0.3, -0.25) is 19.8 Å². The number of carbonyl (C=O) groups is 3. The Bertz CT molecular complexity index is 753. The lowest BCUT2D eigenvalue weighted by Crippen LogP contribution is -2.58. The molecule has 7 heteroatoms. The number of rotatable bonds is 3. The van der Waals surface area contributed by atoms with Crippen molar-refractivity contribution in [2.45, 2.75) is 38.1 Å². The second-order valence-electron chi connectivity index (χ2n) is 6.17. The average Bonchev–Trinajstić information content (AvgIpc) is 2.59. The molecule has 0 atom stereocenters. The van der Waals surface area contributed by atoms with Gasteiger partial charge in [0.25, 0.3) is 11.8 Å². The molecule has 0 spiro atoms. The molecule has 2 aliphatic rings. The third kappa shape index (κ3) is 3.54. The lowest BCUT2D eigenvalue weighted by atomic mass is 9.93. The fraction of sp³-hybridized carbons (Fsp3) is 0.389. The van der Waals surface area contributed by atoms with Crippen molar-refractivity contribution in [3.8, 4) is 5.75 Å². The Labute approximate surface area is 150 Å². The molecule has 25 heavy (non-hydrogen) atoms. The van der Waals surface area contributed by atoms with E-state index in [1.54, 1.807) is 18.2 Å². The van der Waals surface area contributed by atoms with E-state index in [-0.39, 0.29) is 11.6 Å². The second-order valence-corrected chi connectivity index (χ2v) is 6.61. The molecule has 0 aromatic heterocycles. The number of barbiturate groups is 1. The van der Waals surface area contributed by atoms with Crippen LogP contribution in [-0.2, 0) is 9.59 Å². The third-order valence-corrected chi connectivity index (χ3v) is 4.80. The standard InChI is InChI=1S/C18H19ClN2O4/c1-25-15-8-7-12(19)9-11(15)10-14-16(22)20-18(24)21(17(14)23)13-5-3-2-4-6-13/h7-10,13H,2-6H2,1H3,(H,20,22,24). The number of hydrogen-bond acceptors (Lipinski definition) is 4. The van der Waals surface area contributed by atoms with Crippen LogP contribution in [0.1, 0.15) is 37.7 Å². The van der Waals surface area contributed by atoms with Crippen molar-refractivity contribution in [3.05, 3.63) is 34.4 Å². The SMILES string of the molecule is COc1ccc(Cl)cc1C=C1C(=O)NC(=O)N(C2CCCCC2)C1=O. The van der Waals surface area contributed by atoms with Gasteiger partial charge in [0.15, 0.2) is 0 Å². The van der Waals surface area contributed by atoms with Gasteiger partial charge in [0.2, 0.25) is 0 Å². The maximum Gasteiger partial charge on any atom is 0.331 e. The molecule has 1 aromatic carbocycles. The maximum absolute atomic E-state index is 12.8. The molecule has 1 aliphatic heterocycles. The van der Waals surface area contributed by atoms with Gasteiger partial charge in [-0.25, -0.2) is 4.79 Å². The molecule has 1 N–H and O–H groups in total. The molecule has 1 heterocycles. The minimum absolute atomic E-state index is 0.0919. The molecule has 6 nitrogen and oxygen atoms in total. The first-order chi connectivity index (χ1) is 12.0. The highest BCUT2D eigenvalue weighted by Crippen LogP contribution is 2.29. The molecular formula is C18H19ClN2O4. The summed E-state index contributed by atoms with van der Waals surface area (Å²) in [6.45, 7) is 0. The van der Waals surface area contributed by atoms with Crippen LogP contribution in [-0.4, -0.2) is 35.9 Å². The molecule has 1 aliphatic carbocycles. The molecule has 132 valence electrons. The number of amides is 4. The van der Waals surface area contributed by atoms with Gasteiger partial charge in [-0.15, -0.1) is 0 Å². The maximum atomic E-state index is 12.8. The Hall–Kier alpha value is -2.34. The quantitative estimate of drug-likeness (QED) is 0.662. The Morgan fingerprint density at radius 1 is 1.20 bits per heavy atom. The van der Waals surface area contributed by atoms with Gasteiger partial charge in [-0.1, -0.05) is 30.9 Å². The van der Waals surface area contributed by atoms with Crippen molar-refractivity contribution in [3.63, 3.8) is 0 Å². The lowest BCUT2D eigenvalue weighted by Gasteiger charge is -2.35. The monoisotopic (exact) mass is 362 g/mol. The lowest BCUT2D eigenvalue weighted by molar-refractivity contribution is -0.132. The van der Waals surface area contributed by atoms with Crippen LogP contribution in [0.25, 0.3) is 6.08 Å². The van der Waals surface area contributed by atoms with Crippen LogP contribution < -0.4 is 10.1 Å². The molecule has 3 rings (SSSR count). The fourth-order valence-electron chi connectivity index (χ4n) is 3.32. The van der Waals surface area contributed by atoms with Crippen LogP contribution in [0, 0.1) is 0 Å². The number of imide groups is 2. The van der Waals surface area contributed by atoms with E-state index in [0.29, 0.717) is 16.3 Å². The van der Waals surface area contributed by atoms with Gasteiger partial charge < -0.3 is 4.74 Å². The molecule has 0 bridgehead atoms. The van der Waals surface area contributed by atoms with Crippen molar-refractivity contribution in [1.29, 1.82) is 0 Å². The largest absolute Gasteiger partial charge is 0.496 e.